The first kappa shape index (κ1) is 64.0. The van der Waals surface area contributed by atoms with Crippen molar-refractivity contribution < 1.29 is 138 Å². The zero-order chi connectivity index (χ0) is 39.2. The molecule has 0 aromatic carbocycles. The van der Waals surface area contributed by atoms with E-state index in [-0.39, 0.29) is 126 Å². The minimum atomic E-state index is -1.47. The van der Waals surface area contributed by atoms with Crippen molar-refractivity contribution >= 4 is 35.7 Å². The quantitative estimate of drug-likeness (QED) is 0.0453. The zero-order valence-corrected chi connectivity index (χ0v) is 41.5. The first-order valence-electron chi connectivity index (χ1n) is 20.3. The molecule has 0 rings (SSSR count). The van der Waals surface area contributed by atoms with Gasteiger partial charge in [-0.1, -0.05) is 155 Å². The number of carboxylic acid groups (broad SMARTS) is 4. The fraction of sp³-hybridized carbons (Fsp3) is 0.850. The van der Waals surface area contributed by atoms with Crippen LogP contribution in [0.3, 0.4) is 0 Å². The van der Waals surface area contributed by atoms with Crippen LogP contribution in [0.25, 0.3) is 0 Å². The van der Waals surface area contributed by atoms with Crippen LogP contribution in [-0.2, 0) is 28.8 Å². The van der Waals surface area contributed by atoms with Gasteiger partial charge in [-0.3, -0.25) is 9.59 Å². The zero-order valence-electron chi connectivity index (χ0n) is 35.5. The number of aliphatic carboxylic acids is 4. The maximum atomic E-state index is 11.8. The molecule has 0 aromatic heterocycles. The van der Waals surface area contributed by atoms with Crippen molar-refractivity contribution in [3.05, 3.63) is 0 Å². The normalized spacial score (nSPS) is 11.2. The van der Waals surface area contributed by atoms with E-state index in [1.54, 1.807) is 0 Å². The first-order valence-corrected chi connectivity index (χ1v) is 20.3. The Morgan fingerprint density at radius 3 is 0.782 bits per heavy atom. The molecule has 304 valence electrons. The molecule has 0 saturated heterocycles. The number of hydrogen-bond donors (Lipinski definition) is 2. The van der Waals surface area contributed by atoms with Crippen molar-refractivity contribution in [3.8, 4) is 0 Å². The van der Waals surface area contributed by atoms with Crippen molar-refractivity contribution in [2.75, 3.05) is 0 Å². The molecular weight excluding hydrogens is 737 g/mol. The molecule has 55 heavy (non-hydrogen) atoms. The van der Waals surface area contributed by atoms with Crippen LogP contribution in [0, 0.1) is 0 Å². The summed E-state index contributed by atoms with van der Waals surface area (Å²) in [5, 5.41) is 47.1. The summed E-state index contributed by atoms with van der Waals surface area (Å²) in [7, 11) is 0. The minimum absolute atomic E-state index is 0. The number of rotatable bonds is 36. The molecule has 2 unspecified atom stereocenters. The second-order valence-electron chi connectivity index (χ2n) is 14.0. The van der Waals surface area contributed by atoms with Gasteiger partial charge in [0.1, 0.15) is 0 Å². The number of carbonyl (C=O) groups is 6. The summed E-state index contributed by atoms with van der Waals surface area (Å²) in [6.07, 6.45) is 28.1. The predicted molar refractivity (Wildman–Crippen MR) is 194 cm³/mol. The van der Waals surface area contributed by atoms with Gasteiger partial charge in [-0.25, -0.2) is 0 Å². The Morgan fingerprint density at radius 1 is 0.364 bits per heavy atom. The number of nitrogens with one attached hydrogen (secondary N) is 2. The molecule has 0 bridgehead atoms. The molecule has 0 aliphatic heterocycles. The monoisotopic (exact) mass is 807 g/mol. The Bertz CT molecular complexity index is 960. The van der Waals surface area contributed by atoms with Gasteiger partial charge in [0.2, 0.25) is 11.8 Å². The Balaban J connectivity index is -0.000000294. The van der Waals surface area contributed by atoms with E-state index in [1.165, 1.54) is 116 Å². The van der Waals surface area contributed by atoms with E-state index in [1.807, 2.05) is 0 Å². The summed E-state index contributed by atoms with van der Waals surface area (Å²) in [6, 6.07) is -2.53. The van der Waals surface area contributed by atoms with Crippen LogP contribution < -0.4 is 120 Å². The van der Waals surface area contributed by atoms with Crippen molar-refractivity contribution in [1.29, 1.82) is 0 Å². The number of hydrogen-bond acceptors (Lipinski definition) is 10. The Kier molecular flexibility index (Phi) is 56.1. The molecule has 2 N–H and O–H groups in total. The van der Waals surface area contributed by atoms with Crippen LogP contribution in [0.1, 0.15) is 206 Å². The fourth-order valence-corrected chi connectivity index (χ4v) is 5.81. The minimum Gasteiger partial charge on any atom is -0.550 e. The topological polar surface area (TPSA) is 219 Å². The van der Waals surface area contributed by atoms with Crippen LogP contribution in [0.15, 0.2) is 0 Å². The van der Waals surface area contributed by atoms with Crippen molar-refractivity contribution in [2.45, 2.75) is 219 Å². The van der Waals surface area contributed by atoms with E-state index in [4.69, 9.17) is 0 Å². The van der Waals surface area contributed by atoms with E-state index in [0.717, 1.165) is 25.7 Å². The third kappa shape index (κ3) is 49.9. The van der Waals surface area contributed by atoms with Gasteiger partial charge in [-0.05, 0) is 38.5 Å². The first-order chi connectivity index (χ1) is 24.9. The second kappa shape index (κ2) is 48.2. The van der Waals surface area contributed by atoms with Gasteiger partial charge in [0.25, 0.3) is 0 Å². The van der Waals surface area contributed by atoms with Gasteiger partial charge >= 0.3 is 88.7 Å². The molecule has 0 radical (unpaired) electrons. The smallest absolute Gasteiger partial charge is 0.550 e. The summed E-state index contributed by atoms with van der Waals surface area (Å²) >= 11 is 0. The number of carbonyl (C=O) groups excluding carboxylic acids is 6. The van der Waals surface area contributed by atoms with Gasteiger partial charge in [-0.15, -0.1) is 0 Å². The fourth-order valence-electron chi connectivity index (χ4n) is 5.81. The van der Waals surface area contributed by atoms with Gasteiger partial charge in [0.15, 0.2) is 0 Å². The van der Waals surface area contributed by atoms with Crippen LogP contribution in [0.5, 0.6) is 0 Å². The maximum absolute atomic E-state index is 11.8. The van der Waals surface area contributed by atoms with E-state index >= 15 is 0 Å². The van der Waals surface area contributed by atoms with Crippen LogP contribution in [-0.4, -0.2) is 47.8 Å². The van der Waals surface area contributed by atoms with Crippen molar-refractivity contribution in [3.63, 3.8) is 0 Å². The van der Waals surface area contributed by atoms with Crippen LogP contribution >= 0.6 is 0 Å². The standard InChI is InChI=1S/C23H43NO5.C17H31NO5.3Na/c1-2-3-4-5-6-7-8-9-10-11-12-13-14-15-16-17-21(25)24-20(23(28)29)18-19-22(26)27;1-2-3-4-5-6-7-8-9-10-11-15(19)18-14(17(22)23)12-13-16(20)21;;;/h20H,2-19H2,1H3,(H,24,25)(H,26,27)(H,28,29);14H,2-13H2,1H3,(H,18,19)(H,20,21)(H,22,23);;;/q;;3*+1/p-4. The molecule has 0 aromatic rings. The molecule has 2 amide bonds. The van der Waals surface area contributed by atoms with E-state index in [9.17, 15) is 49.2 Å². The maximum Gasteiger partial charge on any atom is 1.00 e. The number of amides is 2. The average molecular weight is 808 g/mol. The largest absolute Gasteiger partial charge is 1.00 e. The van der Waals surface area contributed by atoms with Gasteiger partial charge < -0.3 is 50.2 Å². The molecule has 0 saturated carbocycles. The Morgan fingerprint density at radius 2 is 0.582 bits per heavy atom. The molecule has 0 aliphatic carbocycles. The Labute approximate surface area is 398 Å². The average Bonchev–Trinajstić information content (AvgIpc) is 3.09. The number of unbranched alkanes of at least 4 members (excludes halogenated alkanes) is 22. The molecular formula is C40H70N2Na3O10-. The molecule has 0 aliphatic rings. The summed E-state index contributed by atoms with van der Waals surface area (Å²) in [4.78, 5) is 65.9. The van der Waals surface area contributed by atoms with Gasteiger partial charge in [-0.2, -0.15) is 0 Å². The summed E-state index contributed by atoms with van der Waals surface area (Å²) in [5.74, 6) is -6.35. The molecule has 0 spiro atoms. The SMILES string of the molecule is CCCCCCCCCCCC(=O)NC(CCC(=O)[O-])C(=O)[O-].CCCCCCCCCCCCCCCCCC(=O)NC(CCC(=O)[O-])C(=O)[O-].[Na+].[Na+].[Na+]. The van der Waals surface area contributed by atoms with Crippen molar-refractivity contribution in [1.82, 2.24) is 10.6 Å². The van der Waals surface area contributed by atoms with E-state index in [2.05, 4.69) is 24.5 Å². The summed E-state index contributed by atoms with van der Waals surface area (Å²) in [5.41, 5.74) is 0. The summed E-state index contributed by atoms with van der Waals surface area (Å²) in [6.45, 7) is 4.44. The third-order valence-electron chi connectivity index (χ3n) is 9.03. The number of carboxylic acids is 4. The molecule has 0 fully saturated rings. The second-order valence-corrected chi connectivity index (χ2v) is 14.0. The Hall–Kier alpha value is -0.180. The van der Waals surface area contributed by atoms with Gasteiger partial charge in [0.05, 0.1) is 24.0 Å². The van der Waals surface area contributed by atoms with Crippen LogP contribution in [0.2, 0.25) is 0 Å². The molecule has 15 heteroatoms. The third-order valence-corrected chi connectivity index (χ3v) is 9.03. The van der Waals surface area contributed by atoms with Crippen molar-refractivity contribution in [2.24, 2.45) is 0 Å². The molecule has 12 nitrogen and oxygen atoms in total. The predicted octanol–water partition coefficient (Wildman–Crippen LogP) is -5.30. The summed E-state index contributed by atoms with van der Waals surface area (Å²) < 4.78 is 0. The molecule has 0 heterocycles. The van der Waals surface area contributed by atoms with E-state index < -0.39 is 48.8 Å². The van der Waals surface area contributed by atoms with E-state index in [0.29, 0.717) is 12.8 Å². The molecule has 2 atom stereocenters. The van der Waals surface area contributed by atoms with Gasteiger partial charge in [0, 0.05) is 24.8 Å². The van der Waals surface area contributed by atoms with Crippen LogP contribution in [0.4, 0.5) is 0 Å².